The van der Waals surface area contributed by atoms with Crippen LogP contribution in [0.2, 0.25) is 0 Å². The Kier molecular flexibility index (Phi) is 4.22. The van der Waals surface area contributed by atoms with Crippen molar-refractivity contribution in [2.24, 2.45) is 0 Å². The molecule has 0 spiro atoms. The maximum Gasteiger partial charge on any atom is 0.268 e. The van der Waals surface area contributed by atoms with Crippen LogP contribution in [-0.4, -0.2) is 31.6 Å². The van der Waals surface area contributed by atoms with Gasteiger partial charge in [0, 0.05) is 13.1 Å². The van der Waals surface area contributed by atoms with E-state index in [0.29, 0.717) is 6.54 Å². The molecule has 0 aromatic heterocycles. The van der Waals surface area contributed by atoms with Gasteiger partial charge in [-0.2, -0.15) is 0 Å². The number of fused-ring (bicyclic) bond motifs is 1. The number of hydrogen-bond donors (Lipinski definition) is 1. The second-order valence-corrected chi connectivity index (χ2v) is 4.68. The van der Waals surface area contributed by atoms with Gasteiger partial charge in [-0.1, -0.05) is 25.6 Å². The van der Waals surface area contributed by atoms with Crippen LogP contribution in [0.5, 0.6) is 5.75 Å². The second-order valence-electron chi connectivity index (χ2n) is 4.68. The topological polar surface area (TPSA) is 41.6 Å². The first-order valence-electron chi connectivity index (χ1n) is 6.58. The molecule has 1 aliphatic heterocycles. The first-order chi connectivity index (χ1) is 9.13. The van der Waals surface area contributed by atoms with E-state index in [1.54, 1.807) is 11.8 Å². The van der Waals surface area contributed by atoms with E-state index in [0.717, 1.165) is 30.1 Å². The molecule has 4 nitrogen and oxygen atoms in total. The highest BCUT2D eigenvalue weighted by atomic mass is 16.5. The Morgan fingerprint density at radius 3 is 2.95 bits per heavy atom. The molecule has 102 valence electrons. The zero-order chi connectivity index (χ0) is 13.8. The molecule has 0 saturated heterocycles. The lowest BCUT2D eigenvalue weighted by Gasteiger charge is -2.33. The summed E-state index contributed by atoms with van der Waals surface area (Å²) in [5.74, 6) is 0.738. The normalized spacial score (nSPS) is 17.9. The average molecular weight is 260 g/mol. The number of anilines is 1. The number of ether oxygens (including phenoxy) is 1. The van der Waals surface area contributed by atoms with E-state index in [-0.39, 0.29) is 5.91 Å². The van der Waals surface area contributed by atoms with E-state index in [2.05, 4.69) is 11.9 Å². The third-order valence-electron chi connectivity index (χ3n) is 3.08. The third-order valence-corrected chi connectivity index (χ3v) is 3.08. The molecule has 1 unspecified atom stereocenters. The monoisotopic (exact) mass is 260 g/mol. The summed E-state index contributed by atoms with van der Waals surface area (Å²) in [5, 5.41) is 3.22. The summed E-state index contributed by atoms with van der Waals surface area (Å²) in [7, 11) is 0. The third kappa shape index (κ3) is 2.96. The Morgan fingerprint density at radius 2 is 2.21 bits per heavy atom. The van der Waals surface area contributed by atoms with Crippen LogP contribution >= 0.6 is 0 Å². The quantitative estimate of drug-likeness (QED) is 0.823. The van der Waals surface area contributed by atoms with Gasteiger partial charge in [0.05, 0.1) is 5.69 Å². The Labute approximate surface area is 114 Å². The lowest BCUT2D eigenvalue weighted by Crippen LogP contribution is -2.45. The van der Waals surface area contributed by atoms with Gasteiger partial charge in [-0.05, 0) is 31.2 Å². The van der Waals surface area contributed by atoms with Crippen molar-refractivity contribution in [3.05, 3.63) is 36.4 Å². The van der Waals surface area contributed by atoms with Gasteiger partial charge in [0.1, 0.15) is 5.75 Å². The number of para-hydroxylation sites is 2. The van der Waals surface area contributed by atoms with Crippen molar-refractivity contribution in [2.75, 3.05) is 24.5 Å². The van der Waals surface area contributed by atoms with Gasteiger partial charge in [-0.3, -0.25) is 4.79 Å². The van der Waals surface area contributed by atoms with Crippen molar-refractivity contribution in [2.45, 2.75) is 20.0 Å². The molecule has 0 radical (unpaired) electrons. The molecule has 1 aliphatic rings. The Balaban J connectivity index is 2.18. The molecular weight excluding hydrogens is 240 g/mol. The van der Waals surface area contributed by atoms with Gasteiger partial charge < -0.3 is 15.0 Å². The molecule has 0 fully saturated rings. The molecule has 1 atom stereocenters. The number of hydrogen-bond acceptors (Lipinski definition) is 3. The van der Waals surface area contributed by atoms with E-state index < -0.39 is 6.10 Å². The van der Waals surface area contributed by atoms with Gasteiger partial charge in [0.25, 0.3) is 5.91 Å². The fourth-order valence-electron chi connectivity index (χ4n) is 2.10. The molecule has 0 bridgehead atoms. The lowest BCUT2D eigenvalue weighted by atomic mass is 10.1. The van der Waals surface area contributed by atoms with Crippen LogP contribution in [-0.2, 0) is 4.79 Å². The molecule has 1 N–H and O–H groups in total. The Hall–Kier alpha value is -1.81. The van der Waals surface area contributed by atoms with Crippen LogP contribution < -0.4 is 15.0 Å². The fourth-order valence-corrected chi connectivity index (χ4v) is 2.10. The van der Waals surface area contributed by atoms with Gasteiger partial charge in [-0.15, -0.1) is 0 Å². The van der Waals surface area contributed by atoms with Gasteiger partial charge in [-0.25, -0.2) is 0 Å². The predicted molar refractivity (Wildman–Crippen MR) is 76.6 cm³/mol. The molecular formula is C15H20N2O2. The summed E-state index contributed by atoms with van der Waals surface area (Å²) in [6.07, 6.45) is -0.443. The Bertz CT molecular complexity index is 485. The van der Waals surface area contributed by atoms with Crippen molar-refractivity contribution in [3.8, 4) is 5.75 Å². The molecule has 19 heavy (non-hydrogen) atoms. The largest absolute Gasteiger partial charge is 0.479 e. The smallest absolute Gasteiger partial charge is 0.268 e. The number of nitrogens with one attached hydrogen (secondary N) is 1. The summed E-state index contributed by atoms with van der Waals surface area (Å²) < 4.78 is 5.60. The number of carbonyl (C=O) groups is 1. The molecule has 1 heterocycles. The lowest BCUT2D eigenvalue weighted by molar-refractivity contribution is -0.125. The number of benzene rings is 1. The second kappa shape index (κ2) is 5.89. The number of rotatable bonds is 5. The minimum absolute atomic E-state index is 0.0173. The van der Waals surface area contributed by atoms with Crippen LogP contribution in [0.1, 0.15) is 13.8 Å². The van der Waals surface area contributed by atoms with Crippen molar-refractivity contribution >= 4 is 11.6 Å². The van der Waals surface area contributed by atoms with Crippen LogP contribution in [0.4, 0.5) is 5.69 Å². The number of amides is 1. The molecule has 4 heteroatoms. The summed E-state index contributed by atoms with van der Waals surface area (Å²) in [5.41, 5.74) is 1.81. The summed E-state index contributed by atoms with van der Waals surface area (Å²) in [6, 6.07) is 7.61. The van der Waals surface area contributed by atoms with E-state index in [9.17, 15) is 4.79 Å². The highest BCUT2D eigenvalue weighted by Gasteiger charge is 2.31. The van der Waals surface area contributed by atoms with E-state index in [1.165, 1.54) is 0 Å². The SMILES string of the molecule is C=C(CNCC)CN1C(=O)C(C)Oc2ccccc21. The van der Waals surface area contributed by atoms with Crippen LogP contribution in [0.15, 0.2) is 36.4 Å². The summed E-state index contributed by atoms with van der Waals surface area (Å²) >= 11 is 0. The average Bonchev–Trinajstić information content (AvgIpc) is 2.41. The van der Waals surface area contributed by atoms with Gasteiger partial charge >= 0.3 is 0 Å². The summed E-state index contributed by atoms with van der Waals surface area (Å²) in [4.78, 5) is 14.0. The number of likely N-dealkylation sites (N-methyl/N-ethyl adjacent to an activating group) is 1. The highest BCUT2D eigenvalue weighted by molar-refractivity contribution is 6.00. The van der Waals surface area contributed by atoms with Crippen LogP contribution in [0.25, 0.3) is 0 Å². The van der Waals surface area contributed by atoms with Crippen molar-refractivity contribution in [1.29, 1.82) is 0 Å². The van der Waals surface area contributed by atoms with Crippen molar-refractivity contribution in [3.63, 3.8) is 0 Å². The van der Waals surface area contributed by atoms with Gasteiger partial charge in [0.2, 0.25) is 0 Å². The van der Waals surface area contributed by atoms with Crippen LogP contribution in [0.3, 0.4) is 0 Å². The van der Waals surface area contributed by atoms with Crippen molar-refractivity contribution in [1.82, 2.24) is 5.32 Å². The molecule has 1 aromatic rings. The highest BCUT2D eigenvalue weighted by Crippen LogP contribution is 2.33. The summed E-state index contributed by atoms with van der Waals surface area (Å²) in [6.45, 7) is 9.98. The first kappa shape index (κ1) is 13.6. The zero-order valence-electron chi connectivity index (χ0n) is 11.5. The molecule has 1 aromatic carbocycles. The predicted octanol–water partition coefficient (Wildman–Crippen LogP) is 1.97. The molecule has 1 amide bonds. The zero-order valence-corrected chi connectivity index (χ0v) is 11.5. The first-order valence-corrected chi connectivity index (χ1v) is 6.58. The van der Waals surface area contributed by atoms with E-state index >= 15 is 0 Å². The molecule has 0 aliphatic carbocycles. The van der Waals surface area contributed by atoms with Crippen molar-refractivity contribution < 1.29 is 9.53 Å². The van der Waals surface area contributed by atoms with E-state index in [1.807, 2.05) is 31.2 Å². The maximum absolute atomic E-state index is 12.2. The number of nitrogens with zero attached hydrogens (tertiary/aromatic N) is 1. The van der Waals surface area contributed by atoms with Crippen LogP contribution in [0, 0.1) is 0 Å². The van der Waals surface area contributed by atoms with Gasteiger partial charge in [0.15, 0.2) is 6.10 Å². The fraction of sp³-hybridized carbons (Fsp3) is 0.400. The number of carbonyl (C=O) groups excluding carboxylic acids is 1. The maximum atomic E-state index is 12.2. The minimum Gasteiger partial charge on any atom is -0.479 e. The standard InChI is InChI=1S/C15H20N2O2/c1-4-16-9-11(2)10-17-13-7-5-6-8-14(13)19-12(3)15(17)18/h5-8,12,16H,2,4,9-10H2,1,3H3. The molecule has 2 rings (SSSR count). The Morgan fingerprint density at radius 1 is 1.47 bits per heavy atom. The van der Waals surface area contributed by atoms with E-state index in [4.69, 9.17) is 4.74 Å². The molecule has 0 saturated carbocycles. The minimum atomic E-state index is -0.443.